The minimum atomic E-state index is 0.673. The lowest BCUT2D eigenvalue weighted by Gasteiger charge is -2.11. The largest absolute Gasteiger partial charge is 0.494 e. The number of benzene rings is 1. The second kappa shape index (κ2) is 13.4. The van der Waals surface area contributed by atoms with Crippen LogP contribution in [-0.4, -0.2) is 43.7 Å². The summed E-state index contributed by atoms with van der Waals surface area (Å²) in [5.41, 5.74) is 0. The molecule has 0 amide bonds. The molecule has 1 heterocycles. The molecule has 2 aromatic rings. The van der Waals surface area contributed by atoms with E-state index in [2.05, 4.69) is 32.9 Å². The molecule has 0 fully saturated rings. The molecule has 6 heteroatoms. The number of nitrogens with zero attached hydrogens (tertiary/aromatic N) is 2. The molecule has 2 rings (SSSR count). The van der Waals surface area contributed by atoms with Crippen molar-refractivity contribution in [3.63, 3.8) is 0 Å². The molecule has 0 unspecified atom stereocenters. The Hall–Kier alpha value is -2.76. The number of rotatable bonds is 12. The normalized spacial score (nSPS) is 11.1. The second-order valence-corrected chi connectivity index (χ2v) is 6.05. The molecule has 0 saturated heterocycles. The first-order chi connectivity index (χ1) is 13.4. The van der Waals surface area contributed by atoms with Crippen molar-refractivity contribution >= 4 is 11.8 Å². The molecule has 1 aromatic carbocycles. The zero-order valence-corrected chi connectivity index (χ0v) is 16.2. The quantitative estimate of drug-likeness (QED) is 0.304. The summed E-state index contributed by atoms with van der Waals surface area (Å²) in [6, 6.07) is 15.8. The van der Waals surface area contributed by atoms with Crippen molar-refractivity contribution in [3.05, 3.63) is 54.7 Å². The number of pyridine rings is 1. The highest BCUT2D eigenvalue weighted by molar-refractivity contribution is 5.79. The lowest BCUT2D eigenvalue weighted by Crippen LogP contribution is -2.38. The number of nitrogens with one attached hydrogen (secondary N) is 3. The summed E-state index contributed by atoms with van der Waals surface area (Å²) in [7, 11) is 0. The van der Waals surface area contributed by atoms with Crippen LogP contribution in [0.2, 0.25) is 0 Å². The topological polar surface area (TPSA) is 70.6 Å². The van der Waals surface area contributed by atoms with Gasteiger partial charge >= 0.3 is 0 Å². The van der Waals surface area contributed by atoms with Crippen molar-refractivity contribution in [2.24, 2.45) is 4.99 Å². The zero-order chi connectivity index (χ0) is 19.0. The number of aromatic nitrogens is 1. The number of ether oxygens (including phenoxy) is 1. The van der Waals surface area contributed by atoms with E-state index in [1.807, 2.05) is 48.5 Å². The van der Waals surface area contributed by atoms with Crippen LogP contribution in [0.1, 0.15) is 26.2 Å². The predicted molar refractivity (Wildman–Crippen MR) is 112 cm³/mol. The Kier molecular flexibility index (Phi) is 10.2. The van der Waals surface area contributed by atoms with Gasteiger partial charge in [0.15, 0.2) is 5.96 Å². The SMILES string of the molecule is CCNC(=NCCCOc1ccccc1)NCCCCNc1ccccn1. The van der Waals surface area contributed by atoms with Crippen LogP contribution in [0.15, 0.2) is 59.7 Å². The van der Waals surface area contributed by atoms with E-state index in [9.17, 15) is 0 Å². The third-order valence-corrected chi connectivity index (χ3v) is 3.80. The molecule has 3 N–H and O–H groups in total. The van der Waals surface area contributed by atoms with Gasteiger partial charge < -0.3 is 20.7 Å². The van der Waals surface area contributed by atoms with Gasteiger partial charge in [-0.25, -0.2) is 4.98 Å². The van der Waals surface area contributed by atoms with Crippen LogP contribution in [-0.2, 0) is 0 Å². The van der Waals surface area contributed by atoms with E-state index in [0.29, 0.717) is 6.61 Å². The summed E-state index contributed by atoms with van der Waals surface area (Å²) in [6.07, 6.45) is 4.84. The van der Waals surface area contributed by atoms with Crippen LogP contribution >= 0.6 is 0 Å². The Morgan fingerprint density at radius 3 is 2.56 bits per heavy atom. The van der Waals surface area contributed by atoms with E-state index < -0.39 is 0 Å². The standard InChI is InChI=1S/C21H31N5O/c1-2-22-21(26-17-10-18-27-19-11-4-3-5-12-19)25-16-9-8-15-24-20-13-6-7-14-23-20/h3-7,11-14H,2,8-10,15-18H2,1H3,(H,23,24)(H2,22,25,26). The number of anilines is 1. The minimum Gasteiger partial charge on any atom is -0.494 e. The van der Waals surface area contributed by atoms with Crippen molar-refractivity contribution in [2.75, 3.05) is 38.1 Å². The molecule has 0 aliphatic carbocycles. The fourth-order valence-corrected chi connectivity index (χ4v) is 2.44. The molecular weight excluding hydrogens is 338 g/mol. The van der Waals surface area contributed by atoms with Gasteiger partial charge in [0.05, 0.1) is 6.61 Å². The van der Waals surface area contributed by atoms with Gasteiger partial charge in [0, 0.05) is 38.8 Å². The average Bonchev–Trinajstić information content (AvgIpc) is 2.71. The molecule has 0 spiro atoms. The summed E-state index contributed by atoms with van der Waals surface area (Å²) in [4.78, 5) is 8.85. The molecular formula is C21H31N5O. The maximum absolute atomic E-state index is 5.69. The smallest absolute Gasteiger partial charge is 0.191 e. The molecule has 0 aliphatic heterocycles. The molecule has 1 aromatic heterocycles. The maximum Gasteiger partial charge on any atom is 0.191 e. The highest BCUT2D eigenvalue weighted by atomic mass is 16.5. The van der Waals surface area contributed by atoms with Crippen molar-refractivity contribution in [1.29, 1.82) is 0 Å². The third kappa shape index (κ3) is 9.49. The van der Waals surface area contributed by atoms with Crippen LogP contribution in [0.25, 0.3) is 0 Å². The first kappa shape index (κ1) is 20.6. The minimum absolute atomic E-state index is 0.673. The number of hydrogen-bond donors (Lipinski definition) is 3. The Balaban J connectivity index is 1.54. The lowest BCUT2D eigenvalue weighted by atomic mass is 10.3. The number of para-hydroxylation sites is 1. The summed E-state index contributed by atoms with van der Waals surface area (Å²) < 4.78 is 5.69. The second-order valence-electron chi connectivity index (χ2n) is 6.05. The van der Waals surface area contributed by atoms with Crippen LogP contribution in [0.4, 0.5) is 5.82 Å². The first-order valence-corrected chi connectivity index (χ1v) is 9.73. The fourth-order valence-electron chi connectivity index (χ4n) is 2.44. The number of aliphatic imine (C=N–C) groups is 1. The van der Waals surface area contributed by atoms with E-state index in [4.69, 9.17) is 4.74 Å². The molecule has 27 heavy (non-hydrogen) atoms. The monoisotopic (exact) mass is 369 g/mol. The molecule has 0 aliphatic rings. The fraction of sp³-hybridized carbons (Fsp3) is 0.429. The summed E-state index contributed by atoms with van der Waals surface area (Å²) in [5.74, 6) is 2.71. The molecule has 0 saturated carbocycles. The summed E-state index contributed by atoms with van der Waals surface area (Å²) >= 11 is 0. The van der Waals surface area contributed by atoms with Crippen molar-refractivity contribution in [3.8, 4) is 5.75 Å². The Morgan fingerprint density at radius 2 is 1.78 bits per heavy atom. The summed E-state index contributed by atoms with van der Waals surface area (Å²) in [5, 5.41) is 9.98. The maximum atomic E-state index is 5.69. The summed E-state index contributed by atoms with van der Waals surface area (Å²) in [6.45, 7) is 6.16. The number of guanidine groups is 1. The van der Waals surface area contributed by atoms with E-state index in [0.717, 1.165) is 63.0 Å². The Morgan fingerprint density at radius 1 is 0.963 bits per heavy atom. The highest BCUT2D eigenvalue weighted by Gasteiger charge is 1.98. The number of unbranched alkanes of at least 4 members (excludes halogenated alkanes) is 1. The van der Waals surface area contributed by atoms with Gasteiger partial charge in [0.2, 0.25) is 0 Å². The van der Waals surface area contributed by atoms with Gasteiger partial charge in [0.25, 0.3) is 0 Å². The van der Waals surface area contributed by atoms with Gasteiger partial charge in [-0.3, -0.25) is 4.99 Å². The Labute approximate surface area is 162 Å². The third-order valence-electron chi connectivity index (χ3n) is 3.80. The molecule has 0 atom stereocenters. The average molecular weight is 370 g/mol. The molecule has 0 bridgehead atoms. The number of hydrogen-bond acceptors (Lipinski definition) is 4. The first-order valence-electron chi connectivity index (χ1n) is 9.73. The van der Waals surface area contributed by atoms with Crippen molar-refractivity contribution in [1.82, 2.24) is 15.6 Å². The van der Waals surface area contributed by atoms with Crippen molar-refractivity contribution < 1.29 is 4.74 Å². The molecule has 6 nitrogen and oxygen atoms in total. The van der Waals surface area contributed by atoms with E-state index >= 15 is 0 Å². The van der Waals surface area contributed by atoms with Crippen LogP contribution in [0, 0.1) is 0 Å². The van der Waals surface area contributed by atoms with Gasteiger partial charge in [-0.1, -0.05) is 24.3 Å². The van der Waals surface area contributed by atoms with Gasteiger partial charge in [0.1, 0.15) is 11.6 Å². The van der Waals surface area contributed by atoms with Gasteiger partial charge in [-0.05, 0) is 44.0 Å². The predicted octanol–water partition coefficient (Wildman–Crippen LogP) is 3.30. The van der Waals surface area contributed by atoms with Gasteiger partial charge in [-0.15, -0.1) is 0 Å². The van der Waals surface area contributed by atoms with Gasteiger partial charge in [-0.2, -0.15) is 0 Å². The van der Waals surface area contributed by atoms with Crippen molar-refractivity contribution in [2.45, 2.75) is 26.2 Å². The van der Waals surface area contributed by atoms with Crippen LogP contribution in [0.3, 0.4) is 0 Å². The van der Waals surface area contributed by atoms with E-state index in [1.165, 1.54) is 0 Å². The lowest BCUT2D eigenvalue weighted by molar-refractivity contribution is 0.313. The van der Waals surface area contributed by atoms with Crippen LogP contribution in [0.5, 0.6) is 5.75 Å². The zero-order valence-electron chi connectivity index (χ0n) is 16.2. The van der Waals surface area contributed by atoms with E-state index in [-0.39, 0.29) is 0 Å². The van der Waals surface area contributed by atoms with E-state index in [1.54, 1.807) is 6.20 Å². The molecule has 146 valence electrons. The molecule has 0 radical (unpaired) electrons. The Bertz CT molecular complexity index is 634. The van der Waals surface area contributed by atoms with Crippen LogP contribution < -0.4 is 20.7 Å². The highest BCUT2D eigenvalue weighted by Crippen LogP contribution is 2.08.